The molecule has 0 aliphatic heterocycles. The lowest BCUT2D eigenvalue weighted by molar-refractivity contribution is -0.132. The van der Waals surface area contributed by atoms with Gasteiger partial charge in [0, 0.05) is 19.2 Å². The minimum absolute atomic E-state index is 0.00947. The van der Waals surface area contributed by atoms with E-state index >= 15 is 0 Å². The fourth-order valence-electron chi connectivity index (χ4n) is 2.84. The maximum atomic E-state index is 12.4. The number of benzene rings is 2. The number of anilines is 1. The highest BCUT2D eigenvalue weighted by atomic mass is 16.5. The Balaban J connectivity index is 1.98. The van der Waals surface area contributed by atoms with Crippen LogP contribution in [0, 0.1) is 13.8 Å². The van der Waals surface area contributed by atoms with E-state index in [1.807, 2.05) is 50.2 Å². The van der Waals surface area contributed by atoms with Crippen LogP contribution in [0.2, 0.25) is 0 Å². The Kier molecular flexibility index (Phi) is 7.44. The lowest BCUT2D eigenvalue weighted by atomic mass is 10.1. The van der Waals surface area contributed by atoms with Crippen molar-refractivity contribution in [2.75, 3.05) is 32.6 Å². The van der Waals surface area contributed by atoms with Crippen molar-refractivity contribution in [3.63, 3.8) is 0 Å². The number of carbonyl (C=O) groups excluding carboxylic acids is 2. The number of hydrogen-bond acceptors (Lipinski definition) is 4. The molecule has 0 spiro atoms. The number of carbonyl (C=O) groups is 2. The topological polar surface area (TPSA) is 67.9 Å². The van der Waals surface area contributed by atoms with Crippen molar-refractivity contribution in [1.29, 1.82) is 0 Å². The Morgan fingerprint density at radius 3 is 2.29 bits per heavy atom. The maximum absolute atomic E-state index is 12.4. The quantitative estimate of drug-likeness (QED) is 0.758. The van der Waals surface area contributed by atoms with Gasteiger partial charge in [-0.05, 0) is 61.2 Å². The average molecular weight is 384 g/mol. The maximum Gasteiger partial charge on any atom is 0.243 e. The zero-order chi connectivity index (χ0) is 20.7. The number of aryl methyl sites for hydroxylation is 2. The highest BCUT2D eigenvalue weighted by Crippen LogP contribution is 2.27. The molecule has 2 aromatic carbocycles. The molecule has 2 aromatic rings. The van der Waals surface area contributed by atoms with E-state index in [0.29, 0.717) is 24.5 Å². The Labute approximate surface area is 166 Å². The molecule has 0 radical (unpaired) electrons. The molecule has 0 heterocycles. The van der Waals surface area contributed by atoms with Crippen LogP contribution in [0.3, 0.4) is 0 Å². The number of ether oxygens (including phenoxy) is 2. The summed E-state index contributed by atoms with van der Waals surface area (Å²) in [5.74, 6) is 0.936. The molecule has 0 bridgehead atoms. The fraction of sp³-hybridized carbons (Fsp3) is 0.364. The second kappa shape index (κ2) is 9.78. The van der Waals surface area contributed by atoms with Gasteiger partial charge < -0.3 is 19.7 Å². The molecule has 0 saturated carbocycles. The summed E-state index contributed by atoms with van der Waals surface area (Å²) >= 11 is 0. The first kappa shape index (κ1) is 21.3. The van der Waals surface area contributed by atoms with Gasteiger partial charge in [-0.15, -0.1) is 0 Å². The molecule has 2 amide bonds. The number of nitrogens with zero attached hydrogens (tertiary/aromatic N) is 1. The van der Waals surface area contributed by atoms with Crippen molar-refractivity contribution in [2.45, 2.75) is 27.2 Å². The molecule has 6 nitrogen and oxygen atoms in total. The van der Waals surface area contributed by atoms with Gasteiger partial charge in [0.1, 0.15) is 0 Å². The molecule has 2 rings (SSSR count). The Morgan fingerprint density at radius 1 is 0.964 bits per heavy atom. The van der Waals surface area contributed by atoms with Crippen LogP contribution in [-0.2, 0) is 16.0 Å². The minimum Gasteiger partial charge on any atom is -0.493 e. The van der Waals surface area contributed by atoms with E-state index in [9.17, 15) is 9.59 Å². The molecule has 0 aliphatic rings. The molecular formula is C22H28N2O4. The molecule has 28 heavy (non-hydrogen) atoms. The Morgan fingerprint density at radius 2 is 1.68 bits per heavy atom. The second-order valence-electron chi connectivity index (χ2n) is 6.73. The summed E-state index contributed by atoms with van der Waals surface area (Å²) in [7, 11) is 3.17. The fourth-order valence-corrected chi connectivity index (χ4v) is 2.84. The summed E-state index contributed by atoms with van der Waals surface area (Å²) in [5.41, 5.74) is 4.00. The van der Waals surface area contributed by atoms with Crippen molar-refractivity contribution in [3.05, 3.63) is 53.1 Å². The van der Waals surface area contributed by atoms with Crippen LogP contribution in [0.25, 0.3) is 0 Å². The van der Waals surface area contributed by atoms with Crippen LogP contribution in [0.5, 0.6) is 11.5 Å². The lowest BCUT2D eigenvalue weighted by Gasteiger charge is -2.21. The summed E-state index contributed by atoms with van der Waals surface area (Å²) in [4.78, 5) is 25.9. The van der Waals surface area contributed by atoms with E-state index in [0.717, 1.165) is 16.8 Å². The van der Waals surface area contributed by atoms with Gasteiger partial charge in [-0.3, -0.25) is 9.59 Å². The highest BCUT2D eigenvalue weighted by molar-refractivity contribution is 5.94. The van der Waals surface area contributed by atoms with Crippen molar-refractivity contribution < 1.29 is 19.1 Å². The third kappa shape index (κ3) is 5.74. The van der Waals surface area contributed by atoms with Crippen molar-refractivity contribution in [3.8, 4) is 11.5 Å². The first-order valence-electron chi connectivity index (χ1n) is 9.17. The summed E-state index contributed by atoms with van der Waals surface area (Å²) in [6, 6.07) is 11.4. The van der Waals surface area contributed by atoms with E-state index in [4.69, 9.17) is 9.47 Å². The summed E-state index contributed by atoms with van der Waals surface area (Å²) in [5, 5.41) is 2.86. The molecular weight excluding hydrogens is 356 g/mol. The van der Waals surface area contributed by atoms with Gasteiger partial charge in [0.05, 0.1) is 20.8 Å². The monoisotopic (exact) mass is 384 g/mol. The third-order valence-electron chi connectivity index (χ3n) is 4.69. The largest absolute Gasteiger partial charge is 0.493 e. The van der Waals surface area contributed by atoms with E-state index < -0.39 is 0 Å². The van der Waals surface area contributed by atoms with E-state index in [1.165, 1.54) is 17.4 Å². The number of methoxy groups -OCH3 is 2. The van der Waals surface area contributed by atoms with Crippen molar-refractivity contribution in [1.82, 2.24) is 4.90 Å². The molecule has 0 unspecified atom stereocenters. The number of amides is 2. The smallest absolute Gasteiger partial charge is 0.243 e. The molecule has 0 aromatic heterocycles. The molecule has 150 valence electrons. The molecule has 0 fully saturated rings. The Hall–Kier alpha value is -3.02. The summed E-state index contributed by atoms with van der Waals surface area (Å²) < 4.78 is 10.5. The van der Waals surface area contributed by atoms with Crippen LogP contribution in [0.1, 0.15) is 23.6 Å². The van der Waals surface area contributed by atoms with Crippen molar-refractivity contribution in [2.24, 2.45) is 0 Å². The van der Waals surface area contributed by atoms with Crippen molar-refractivity contribution >= 4 is 17.5 Å². The number of nitrogens with one attached hydrogen (secondary N) is 1. The first-order valence-corrected chi connectivity index (χ1v) is 9.17. The van der Waals surface area contributed by atoms with Gasteiger partial charge in [0.2, 0.25) is 11.8 Å². The van der Waals surface area contributed by atoms with E-state index in [1.54, 1.807) is 14.2 Å². The third-order valence-corrected chi connectivity index (χ3v) is 4.69. The van der Waals surface area contributed by atoms with Gasteiger partial charge in [-0.25, -0.2) is 0 Å². The summed E-state index contributed by atoms with van der Waals surface area (Å²) in [6.07, 6.45) is 0.608. The molecule has 6 heteroatoms. The van der Waals surface area contributed by atoms with E-state index in [-0.39, 0.29) is 18.4 Å². The standard InChI is InChI=1S/C22H28N2O4/c1-15-6-8-19(12-16(15)2)23-22(26)14-24(17(3)25)11-10-18-7-9-20(27-4)21(13-18)28-5/h6-9,12-13H,10-11,14H2,1-5H3,(H,23,26). The number of hydrogen-bond donors (Lipinski definition) is 1. The van der Waals surface area contributed by atoms with Gasteiger partial charge in [0.15, 0.2) is 11.5 Å². The highest BCUT2D eigenvalue weighted by Gasteiger charge is 2.15. The van der Waals surface area contributed by atoms with Gasteiger partial charge in [-0.2, -0.15) is 0 Å². The van der Waals surface area contributed by atoms with Gasteiger partial charge in [0.25, 0.3) is 0 Å². The summed E-state index contributed by atoms with van der Waals surface area (Å²) in [6.45, 7) is 5.93. The molecule has 0 atom stereocenters. The first-order chi connectivity index (χ1) is 13.3. The predicted octanol–water partition coefficient (Wildman–Crippen LogP) is 3.35. The second-order valence-corrected chi connectivity index (χ2v) is 6.73. The average Bonchev–Trinajstić information content (AvgIpc) is 2.67. The van der Waals surface area contributed by atoms with Crippen LogP contribution in [-0.4, -0.2) is 44.0 Å². The lowest BCUT2D eigenvalue weighted by Crippen LogP contribution is -2.38. The molecule has 1 N–H and O–H groups in total. The van der Waals surface area contributed by atoms with E-state index in [2.05, 4.69) is 5.32 Å². The van der Waals surface area contributed by atoms with Crippen LogP contribution < -0.4 is 14.8 Å². The Bertz CT molecular complexity index is 848. The normalized spacial score (nSPS) is 10.3. The van der Waals surface area contributed by atoms with Crippen LogP contribution in [0.15, 0.2) is 36.4 Å². The van der Waals surface area contributed by atoms with Crippen LogP contribution >= 0.6 is 0 Å². The molecule has 0 aliphatic carbocycles. The van der Waals surface area contributed by atoms with Gasteiger partial charge >= 0.3 is 0 Å². The molecule has 0 saturated heterocycles. The zero-order valence-electron chi connectivity index (χ0n) is 17.2. The SMILES string of the molecule is COc1ccc(CCN(CC(=O)Nc2ccc(C)c(C)c2)C(C)=O)cc1OC. The minimum atomic E-state index is -0.217. The predicted molar refractivity (Wildman–Crippen MR) is 110 cm³/mol. The van der Waals surface area contributed by atoms with Gasteiger partial charge in [-0.1, -0.05) is 12.1 Å². The zero-order valence-corrected chi connectivity index (χ0v) is 17.2. The number of rotatable bonds is 8. The van der Waals surface area contributed by atoms with Crippen LogP contribution in [0.4, 0.5) is 5.69 Å².